The summed E-state index contributed by atoms with van der Waals surface area (Å²) in [7, 11) is 6.77. The standard InChI is InChI=1S/C45H63N7O5S3/c1-6-35(9-10-43(54)46-2)48(3)44(55)38-25-36(8-7-32(38)30-53)51-17-13-31(14-18-51)12-16-49-19-21-50(22-20-49)28-40-41(56-4)23-33(24-42(40)57-5)39-29-52(45(58,59)60)27-34-26-47-15-11-37(34)39/h6-8,23-25,29-31,35,47,58-60H,1,9-22,26-28H2,2-5H3,(H,46,54). The third kappa shape index (κ3) is 11.1. The lowest BCUT2D eigenvalue weighted by Gasteiger charge is -2.39. The maximum atomic E-state index is 13.6. The number of anilines is 1. The van der Waals surface area contributed by atoms with E-state index < -0.39 is 3.54 Å². The average Bonchev–Trinajstić information content (AvgIpc) is 3.27. The van der Waals surface area contributed by atoms with Crippen LogP contribution in [0, 0.1) is 5.92 Å². The molecule has 2 N–H and O–H groups in total. The van der Waals surface area contributed by atoms with E-state index in [1.54, 1.807) is 45.4 Å². The smallest absolute Gasteiger partial charge is 0.254 e. The summed E-state index contributed by atoms with van der Waals surface area (Å²) in [5.74, 6) is 1.94. The van der Waals surface area contributed by atoms with Gasteiger partial charge in [0, 0.05) is 102 Å². The quantitative estimate of drug-likeness (QED) is 0.0611. The van der Waals surface area contributed by atoms with Crippen molar-refractivity contribution in [2.24, 2.45) is 5.92 Å². The lowest BCUT2D eigenvalue weighted by atomic mass is 9.87. The van der Waals surface area contributed by atoms with Crippen LogP contribution in [0.25, 0.3) is 5.57 Å². The highest BCUT2D eigenvalue weighted by Gasteiger charge is 2.32. The van der Waals surface area contributed by atoms with Crippen LogP contribution in [0.15, 0.2) is 60.3 Å². The first kappa shape index (κ1) is 45.9. The maximum absolute atomic E-state index is 13.6. The van der Waals surface area contributed by atoms with E-state index in [2.05, 4.69) is 93.0 Å². The summed E-state index contributed by atoms with van der Waals surface area (Å²) >= 11 is 14.0. The van der Waals surface area contributed by atoms with Crippen molar-refractivity contribution in [1.82, 2.24) is 30.2 Å². The number of benzene rings is 2. The summed E-state index contributed by atoms with van der Waals surface area (Å²) in [5.41, 5.74) is 7.62. The summed E-state index contributed by atoms with van der Waals surface area (Å²) in [4.78, 5) is 48.5. The normalized spacial score (nSPS) is 18.7. The van der Waals surface area contributed by atoms with Gasteiger partial charge in [-0.1, -0.05) is 6.08 Å². The van der Waals surface area contributed by atoms with Gasteiger partial charge in [-0.15, -0.1) is 44.5 Å². The number of carbonyl (C=O) groups is 3. The Morgan fingerprint density at radius 3 is 2.33 bits per heavy atom. The van der Waals surface area contributed by atoms with E-state index in [0.717, 1.165) is 138 Å². The van der Waals surface area contributed by atoms with Crippen LogP contribution in [-0.2, 0) is 11.3 Å². The van der Waals surface area contributed by atoms with Crippen LogP contribution < -0.4 is 25.0 Å². The lowest BCUT2D eigenvalue weighted by Crippen LogP contribution is -2.46. The van der Waals surface area contributed by atoms with Crippen LogP contribution in [0.1, 0.15) is 70.4 Å². The van der Waals surface area contributed by atoms with E-state index in [1.807, 2.05) is 12.1 Å². The zero-order chi connectivity index (χ0) is 43.0. The molecule has 0 aromatic heterocycles. The molecule has 326 valence electrons. The van der Waals surface area contributed by atoms with Crippen LogP contribution in [0.4, 0.5) is 5.69 Å². The van der Waals surface area contributed by atoms with Crippen molar-refractivity contribution in [2.45, 2.75) is 54.6 Å². The van der Waals surface area contributed by atoms with Crippen LogP contribution >= 0.6 is 37.9 Å². The van der Waals surface area contributed by atoms with Gasteiger partial charge in [0.2, 0.25) is 5.91 Å². The number of ether oxygens (including phenoxy) is 2. The molecule has 12 nitrogen and oxygen atoms in total. The summed E-state index contributed by atoms with van der Waals surface area (Å²) in [6, 6.07) is 9.50. The summed E-state index contributed by atoms with van der Waals surface area (Å²) in [5, 5.41) is 6.13. The van der Waals surface area contributed by atoms with Gasteiger partial charge in [0.1, 0.15) is 11.5 Å². The van der Waals surface area contributed by atoms with Crippen molar-refractivity contribution in [2.75, 3.05) is 98.7 Å². The molecule has 0 bridgehead atoms. The Morgan fingerprint density at radius 2 is 1.72 bits per heavy atom. The number of piperidine rings is 1. The van der Waals surface area contributed by atoms with E-state index in [-0.39, 0.29) is 24.3 Å². The predicted molar refractivity (Wildman–Crippen MR) is 251 cm³/mol. The Balaban J connectivity index is 1.01. The van der Waals surface area contributed by atoms with Crippen LogP contribution in [0.5, 0.6) is 11.5 Å². The molecule has 0 radical (unpaired) electrons. The first-order valence-corrected chi connectivity index (χ1v) is 22.4. The maximum Gasteiger partial charge on any atom is 0.254 e. The second-order valence-corrected chi connectivity index (χ2v) is 19.3. The van der Waals surface area contributed by atoms with Gasteiger partial charge in [-0.05, 0) is 98.2 Å². The molecule has 4 aliphatic heterocycles. The Bertz CT molecular complexity index is 1910. The van der Waals surface area contributed by atoms with Crippen LogP contribution in [0.3, 0.4) is 0 Å². The number of rotatable bonds is 17. The number of hydrogen-bond donors (Lipinski definition) is 5. The molecule has 60 heavy (non-hydrogen) atoms. The summed E-state index contributed by atoms with van der Waals surface area (Å²) in [6.45, 7) is 14.0. The Labute approximate surface area is 373 Å². The van der Waals surface area contributed by atoms with Crippen molar-refractivity contribution in [3.8, 4) is 11.5 Å². The van der Waals surface area contributed by atoms with Gasteiger partial charge in [-0.25, -0.2) is 0 Å². The molecule has 2 aromatic rings. The Hall–Kier alpha value is -3.60. The molecule has 2 saturated heterocycles. The number of aldehydes is 1. The molecule has 1 unspecified atom stereocenters. The number of nitrogens with zero attached hydrogens (tertiary/aromatic N) is 5. The molecule has 4 aliphatic rings. The minimum absolute atomic E-state index is 0.0927. The second kappa shape index (κ2) is 21.0. The van der Waals surface area contributed by atoms with Gasteiger partial charge in [0.05, 0.1) is 31.4 Å². The van der Waals surface area contributed by atoms with Gasteiger partial charge in [0.15, 0.2) is 9.82 Å². The number of amides is 2. The fraction of sp³-hybridized carbons (Fsp3) is 0.533. The summed E-state index contributed by atoms with van der Waals surface area (Å²) in [6.07, 6.45) is 9.54. The largest absolute Gasteiger partial charge is 0.496 e. The monoisotopic (exact) mass is 877 g/mol. The minimum atomic E-state index is -0.900. The van der Waals surface area contributed by atoms with Crippen molar-refractivity contribution < 1.29 is 23.9 Å². The Morgan fingerprint density at radius 1 is 1.03 bits per heavy atom. The summed E-state index contributed by atoms with van der Waals surface area (Å²) < 4.78 is 11.2. The molecule has 2 amide bonds. The Kier molecular flexibility index (Phi) is 16.1. The number of nitrogens with one attached hydrogen (secondary N) is 2. The number of piperazine rings is 1. The zero-order valence-corrected chi connectivity index (χ0v) is 38.3. The first-order chi connectivity index (χ1) is 28.9. The fourth-order valence-electron chi connectivity index (χ4n) is 8.92. The van der Waals surface area contributed by atoms with Crippen molar-refractivity contribution in [3.05, 3.63) is 82.6 Å². The van der Waals surface area contributed by atoms with Gasteiger partial charge in [0.25, 0.3) is 5.91 Å². The van der Waals surface area contributed by atoms with Crippen molar-refractivity contribution in [3.63, 3.8) is 0 Å². The molecule has 0 spiro atoms. The molecular formula is C45H63N7O5S3. The van der Waals surface area contributed by atoms with E-state index >= 15 is 0 Å². The molecule has 4 heterocycles. The first-order valence-electron chi connectivity index (χ1n) is 21.1. The predicted octanol–water partition coefficient (Wildman–Crippen LogP) is 5.44. The SMILES string of the molecule is C=CC(CCC(=O)NC)N(C)C(=O)c1cc(N2CCC(CCN3CCN(Cc4c(OC)cc(C5=CN(C(S)(S)S)CC6=C5CCNC6)cc4OC)CC3)CC2)ccc1C=O. The van der Waals surface area contributed by atoms with E-state index in [0.29, 0.717) is 23.5 Å². The molecule has 2 aromatic carbocycles. The zero-order valence-electron chi connectivity index (χ0n) is 35.6. The lowest BCUT2D eigenvalue weighted by molar-refractivity contribution is -0.120. The average molecular weight is 878 g/mol. The van der Waals surface area contributed by atoms with Crippen LogP contribution in [0.2, 0.25) is 0 Å². The topological polar surface area (TPSA) is 110 Å². The molecule has 0 saturated carbocycles. The van der Waals surface area contributed by atoms with E-state index in [9.17, 15) is 14.4 Å². The van der Waals surface area contributed by atoms with Gasteiger partial charge in [-0.3, -0.25) is 19.3 Å². The number of likely N-dealkylation sites (N-methyl/N-ethyl adjacent to an activating group) is 1. The van der Waals surface area contributed by atoms with Crippen LogP contribution in [-0.4, -0.2) is 141 Å². The molecule has 0 aliphatic carbocycles. The molecule has 2 fully saturated rings. The molecule has 15 heteroatoms. The number of methoxy groups -OCH3 is 2. The highest BCUT2D eigenvalue weighted by Crippen LogP contribution is 2.43. The van der Waals surface area contributed by atoms with Gasteiger partial charge < -0.3 is 39.7 Å². The van der Waals surface area contributed by atoms with Crippen molar-refractivity contribution >= 4 is 67.2 Å². The number of hydrogen-bond acceptors (Lipinski definition) is 13. The van der Waals surface area contributed by atoms with Gasteiger partial charge in [-0.2, -0.15) is 0 Å². The minimum Gasteiger partial charge on any atom is -0.496 e. The third-order valence-electron chi connectivity index (χ3n) is 12.7. The number of carbonyl (C=O) groups excluding carboxylic acids is 3. The molecule has 6 rings (SSSR count). The highest BCUT2D eigenvalue weighted by atomic mass is 32.2. The number of thiol groups is 3. The highest BCUT2D eigenvalue weighted by molar-refractivity contribution is 8.16. The van der Waals surface area contributed by atoms with E-state index in [4.69, 9.17) is 9.47 Å². The fourth-order valence-corrected chi connectivity index (χ4v) is 9.30. The number of allylic oxidation sites excluding steroid dienone is 1. The van der Waals surface area contributed by atoms with E-state index in [1.165, 1.54) is 11.1 Å². The molecular weight excluding hydrogens is 815 g/mol. The van der Waals surface area contributed by atoms with Gasteiger partial charge >= 0.3 is 0 Å². The molecule has 1 atom stereocenters. The van der Waals surface area contributed by atoms with Crippen molar-refractivity contribution in [1.29, 1.82) is 0 Å². The third-order valence-corrected chi connectivity index (χ3v) is 13.5. The second-order valence-electron chi connectivity index (χ2n) is 16.3.